The molecular weight excluding hydrogens is 266 g/mol. The van der Waals surface area contributed by atoms with E-state index >= 15 is 0 Å². The zero-order valence-corrected chi connectivity index (χ0v) is 13.6. The normalized spacial score (nSPS) is 13.4. The second kappa shape index (κ2) is 7.81. The Morgan fingerprint density at radius 2 is 1.76 bits per heavy atom. The van der Waals surface area contributed by atoms with Gasteiger partial charge in [-0.25, -0.2) is 0 Å². The van der Waals surface area contributed by atoms with Gasteiger partial charge in [-0.15, -0.1) is 0 Å². The summed E-state index contributed by atoms with van der Waals surface area (Å²) >= 11 is 0. The Kier molecular flexibility index (Phi) is 6.40. The van der Waals surface area contributed by atoms with Crippen LogP contribution in [-0.4, -0.2) is 30.2 Å². The van der Waals surface area contributed by atoms with Gasteiger partial charge in [-0.2, -0.15) is 0 Å². The molecule has 4 heteroatoms. The molecule has 0 N–H and O–H groups in total. The van der Waals surface area contributed by atoms with Crippen LogP contribution in [0.4, 0.5) is 0 Å². The minimum Gasteiger partial charge on any atom is -0.497 e. The zero-order valence-electron chi connectivity index (χ0n) is 13.6. The smallest absolute Gasteiger partial charge is 0.222 e. The van der Waals surface area contributed by atoms with Crippen molar-refractivity contribution in [2.24, 2.45) is 5.92 Å². The lowest BCUT2D eigenvalue weighted by Gasteiger charge is -2.31. The molecule has 0 aliphatic carbocycles. The van der Waals surface area contributed by atoms with Crippen molar-refractivity contribution >= 4 is 11.7 Å². The number of Topliss-reactive ketones (excluding diaryl/α,β-unsaturated/α-hetero) is 1. The maximum absolute atomic E-state index is 12.2. The van der Waals surface area contributed by atoms with Gasteiger partial charge in [0.25, 0.3) is 0 Å². The van der Waals surface area contributed by atoms with Gasteiger partial charge in [-0.3, -0.25) is 9.59 Å². The van der Waals surface area contributed by atoms with Crippen LogP contribution in [0, 0.1) is 5.92 Å². The summed E-state index contributed by atoms with van der Waals surface area (Å²) in [4.78, 5) is 25.5. The largest absolute Gasteiger partial charge is 0.497 e. The molecule has 2 atom stereocenters. The van der Waals surface area contributed by atoms with Crippen LogP contribution in [0.25, 0.3) is 0 Å². The van der Waals surface area contributed by atoms with E-state index < -0.39 is 0 Å². The Bertz CT molecular complexity index is 481. The maximum Gasteiger partial charge on any atom is 0.222 e. The molecular formula is C17H25NO3. The molecule has 0 spiro atoms. The SMILES string of the molecule is CCC(=O)N(CC(C)C(C)=O)[C@@H](C)c1ccc(OC)cc1. The van der Waals surface area contributed by atoms with Gasteiger partial charge in [0.1, 0.15) is 11.5 Å². The number of carbonyl (C=O) groups is 2. The van der Waals surface area contributed by atoms with Crippen molar-refractivity contribution in [3.05, 3.63) is 29.8 Å². The zero-order chi connectivity index (χ0) is 16.0. The lowest BCUT2D eigenvalue weighted by molar-refractivity contribution is -0.134. The monoisotopic (exact) mass is 291 g/mol. The number of methoxy groups -OCH3 is 1. The first kappa shape index (κ1) is 17.2. The quantitative estimate of drug-likeness (QED) is 0.775. The van der Waals surface area contributed by atoms with Gasteiger partial charge in [-0.1, -0.05) is 26.0 Å². The third-order valence-corrected chi connectivity index (χ3v) is 3.85. The lowest BCUT2D eigenvalue weighted by Crippen LogP contribution is -2.38. The van der Waals surface area contributed by atoms with Gasteiger partial charge in [0.15, 0.2) is 0 Å². The topological polar surface area (TPSA) is 46.6 Å². The number of carbonyl (C=O) groups excluding carboxylic acids is 2. The fourth-order valence-corrected chi connectivity index (χ4v) is 2.16. The Morgan fingerprint density at radius 1 is 1.19 bits per heavy atom. The van der Waals surface area contributed by atoms with E-state index in [1.54, 1.807) is 18.9 Å². The number of amides is 1. The molecule has 1 rings (SSSR count). The van der Waals surface area contributed by atoms with Crippen LogP contribution in [0.2, 0.25) is 0 Å². The van der Waals surface area contributed by atoms with Crippen LogP contribution < -0.4 is 4.74 Å². The van der Waals surface area contributed by atoms with Crippen LogP contribution in [0.15, 0.2) is 24.3 Å². The van der Waals surface area contributed by atoms with Gasteiger partial charge < -0.3 is 9.64 Å². The molecule has 0 bridgehead atoms. The highest BCUT2D eigenvalue weighted by atomic mass is 16.5. The first-order valence-corrected chi connectivity index (χ1v) is 7.34. The Morgan fingerprint density at radius 3 is 2.19 bits per heavy atom. The number of rotatable bonds is 7. The fourth-order valence-electron chi connectivity index (χ4n) is 2.16. The first-order valence-electron chi connectivity index (χ1n) is 7.34. The van der Waals surface area contributed by atoms with Gasteiger partial charge in [0.2, 0.25) is 5.91 Å². The molecule has 1 amide bonds. The number of hydrogen-bond acceptors (Lipinski definition) is 3. The van der Waals surface area contributed by atoms with Crippen molar-refractivity contribution in [3.8, 4) is 5.75 Å². The van der Waals surface area contributed by atoms with E-state index in [9.17, 15) is 9.59 Å². The van der Waals surface area contributed by atoms with E-state index in [2.05, 4.69) is 0 Å². The summed E-state index contributed by atoms with van der Waals surface area (Å²) < 4.78 is 5.15. The summed E-state index contributed by atoms with van der Waals surface area (Å²) in [6.07, 6.45) is 0.436. The van der Waals surface area contributed by atoms with Gasteiger partial charge in [0, 0.05) is 18.9 Å². The third-order valence-electron chi connectivity index (χ3n) is 3.85. The second-order valence-electron chi connectivity index (χ2n) is 5.36. The highest BCUT2D eigenvalue weighted by Crippen LogP contribution is 2.24. The van der Waals surface area contributed by atoms with Crippen LogP contribution >= 0.6 is 0 Å². The summed E-state index contributed by atoms with van der Waals surface area (Å²) in [7, 11) is 1.62. The second-order valence-corrected chi connectivity index (χ2v) is 5.36. The van der Waals surface area contributed by atoms with E-state index in [-0.39, 0.29) is 23.7 Å². The predicted octanol–water partition coefficient (Wildman–Crippen LogP) is 3.22. The molecule has 0 fully saturated rings. The van der Waals surface area contributed by atoms with E-state index in [0.717, 1.165) is 11.3 Å². The van der Waals surface area contributed by atoms with Crippen molar-refractivity contribution < 1.29 is 14.3 Å². The molecule has 0 aliphatic rings. The molecule has 0 aromatic heterocycles. The van der Waals surface area contributed by atoms with E-state index in [1.165, 1.54) is 0 Å². The fraction of sp³-hybridized carbons (Fsp3) is 0.529. The van der Waals surface area contributed by atoms with Crippen molar-refractivity contribution in [1.82, 2.24) is 4.90 Å². The standard InChI is InChI=1S/C17H25NO3/c1-6-17(20)18(11-12(2)14(4)19)13(3)15-7-9-16(21-5)10-8-15/h7-10,12-13H,6,11H2,1-5H3/t12?,13-/m0/s1. The van der Waals surface area contributed by atoms with Crippen LogP contribution in [-0.2, 0) is 9.59 Å². The summed E-state index contributed by atoms with van der Waals surface area (Å²) in [6.45, 7) is 7.71. The molecule has 0 aliphatic heterocycles. The average Bonchev–Trinajstić information content (AvgIpc) is 2.50. The molecule has 0 saturated heterocycles. The number of benzene rings is 1. The maximum atomic E-state index is 12.2. The van der Waals surface area contributed by atoms with Crippen LogP contribution in [0.1, 0.15) is 45.7 Å². The van der Waals surface area contributed by atoms with Crippen molar-refractivity contribution in [2.45, 2.75) is 40.2 Å². The number of nitrogens with zero attached hydrogens (tertiary/aromatic N) is 1. The number of ketones is 1. The molecule has 116 valence electrons. The predicted molar refractivity (Wildman–Crippen MR) is 83.3 cm³/mol. The van der Waals surface area contributed by atoms with Crippen LogP contribution in [0.5, 0.6) is 5.75 Å². The Labute approximate surface area is 127 Å². The van der Waals surface area contributed by atoms with Crippen molar-refractivity contribution in [3.63, 3.8) is 0 Å². The molecule has 1 unspecified atom stereocenters. The Balaban J connectivity index is 2.95. The molecule has 0 saturated carbocycles. The number of ether oxygens (including phenoxy) is 1. The van der Waals surface area contributed by atoms with E-state index in [4.69, 9.17) is 4.74 Å². The minimum atomic E-state index is -0.152. The van der Waals surface area contributed by atoms with Crippen molar-refractivity contribution in [2.75, 3.05) is 13.7 Å². The molecule has 4 nitrogen and oxygen atoms in total. The summed E-state index contributed by atoms with van der Waals surface area (Å²) in [5.74, 6) is 0.801. The van der Waals surface area contributed by atoms with Crippen LogP contribution in [0.3, 0.4) is 0 Å². The molecule has 0 heterocycles. The molecule has 1 aromatic rings. The summed E-state index contributed by atoms with van der Waals surface area (Å²) in [5.41, 5.74) is 1.04. The molecule has 1 aromatic carbocycles. The lowest BCUT2D eigenvalue weighted by atomic mass is 10.0. The summed E-state index contributed by atoms with van der Waals surface area (Å²) in [5, 5.41) is 0. The van der Waals surface area contributed by atoms with E-state index in [1.807, 2.05) is 45.0 Å². The average molecular weight is 291 g/mol. The number of hydrogen-bond donors (Lipinski definition) is 0. The van der Waals surface area contributed by atoms with Crippen molar-refractivity contribution in [1.29, 1.82) is 0 Å². The van der Waals surface area contributed by atoms with E-state index in [0.29, 0.717) is 13.0 Å². The molecule has 0 radical (unpaired) electrons. The third kappa shape index (κ3) is 4.59. The van der Waals surface area contributed by atoms with Gasteiger partial charge in [0.05, 0.1) is 13.2 Å². The van der Waals surface area contributed by atoms with Gasteiger partial charge in [-0.05, 0) is 31.5 Å². The van der Waals surface area contributed by atoms with Gasteiger partial charge >= 0.3 is 0 Å². The molecule has 21 heavy (non-hydrogen) atoms. The summed E-state index contributed by atoms with van der Waals surface area (Å²) in [6, 6.07) is 7.62. The highest BCUT2D eigenvalue weighted by Gasteiger charge is 2.23. The minimum absolute atomic E-state index is 0.0615. The Hall–Kier alpha value is -1.84. The first-order chi connectivity index (χ1) is 9.90. The highest BCUT2D eigenvalue weighted by molar-refractivity contribution is 5.80.